The highest BCUT2D eigenvalue weighted by Crippen LogP contribution is 2.22. The van der Waals surface area contributed by atoms with E-state index >= 15 is 0 Å². The Morgan fingerprint density at radius 2 is 1.68 bits per heavy atom. The molecule has 4 rings (SSSR count). The summed E-state index contributed by atoms with van der Waals surface area (Å²) in [5.41, 5.74) is 5.30. The molecule has 37 heavy (non-hydrogen) atoms. The number of piperidine rings is 1. The molecule has 1 unspecified atom stereocenters. The van der Waals surface area contributed by atoms with Crippen molar-refractivity contribution in [1.82, 2.24) is 9.80 Å². The number of urea groups is 1. The minimum absolute atomic E-state index is 0.0477. The number of anilines is 1. The van der Waals surface area contributed by atoms with E-state index in [4.69, 9.17) is 4.74 Å². The molecule has 196 valence electrons. The second-order valence-electron chi connectivity index (χ2n) is 10.3. The maximum absolute atomic E-state index is 13.5. The topological polar surface area (TPSA) is 44.8 Å². The van der Waals surface area contributed by atoms with Crippen LogP contribution in [0.2, 0.25) is 0 Å². The van der Waals surface area contributed by atoms with Gasteiger partial charge in [-0.05, 0) is 81.0 Å². The number of amides is 2. The van der Waals surface area contributed by atoms with E-state index in [1.165, 1.54) is 25.8 Å². The van der Waals surface area contributed by atoms with Crippen LogP contribution in [0.3, 0.4) is 0 Å². The quantitative estimate of drug-likeness (QED) is 0.321. The summed E-state index contributed by atoms with van der Waals surface area (Å²) in [7, 11) is 0. The summed E-state index contributed by atoms with van der Waals surface area (Å²) in [4.78, 5) is 18.0. The molecule has 0 saturated carbocycles. The Bertz CT molecular complexity index is 1110. The number of carbonyl (C=O) groups is 1. The van der Waals surface area contributed by atoms with Crippen LogP contribution in [-0.2, 0) is 13.2 Å². The highest BCUT2D eigenvalue weighted by Gasteiger charge is 2.20. The van der Waals surface area contributed by atoms with E-state index in [0.29, 0.717) is 25.7 Å². The number of likely N-dealkylation sites (tertiary alicyclic amines) is 1. The molecule has 1 aliphatic rings. The molecule has 5 nitrogen and oxygen atoms in total. The van der Waals surface area contributed by atoms with Crippen LogP contribution in [0, 0.1) is 13.8 Å². The van der Waals surface area contributed by atoms with Crippen LogP contribution in [0.5, 0.6) is 5.75 Å². The molecule has 0 aromatic heterocycles. The highest BCUT2D eigenvalue weighted by atomic mass is 16.5. The Morgan fingerprint density at radius 3 is 2.38 bits per heavy atom. The second-order valence-corrected chi connectivity index (χ2v) is 10.3. The zero-order valence-corrected chi connectivity index (χ0v) is 22.6. The third-order valence-corrected chi connectivity index (χ3v) is 7.36. The molecular weight excluding hydrogens is 458 g/mol. The fourth-order valence-corrected chi connectivity index (χ4v) is 5.06. The lowest BCUT2D eigenvalue weighted by atomic mass is 10.0. The van der Waals surface area contributed by atoms with Crippen molar-refractivity contribution in [1.29, 1.82) is 0 Å². The monoisotopic (exact) mass is 499 g/mol. The SMILES string of the molecule is Cc1cccc(C)c1NC(=O)N(CCCN1CCCCC1C)Cc1ccc(OCc2ccccc2)cc1. The summed E-state index contributed by atoms with van der Waals surface area (Å²) in [5, 5.41) is 3.19. The van der Waals surface area contributed by atoms with E-state index in [2.05, 4.69) is 41.4 Å². The lowest BCUT2D eigenvalue weighted by Gasteiger charge is -2.34. The average Bonchev–Trinajstić information content (AvgIpc) is 2.91. The minimum atomic E-state index is -0.0477. The Hall–Kier alpha value is -3.31. The second kappa shape index (κ2) is 13.3. The van der Waals surface area contributed by atoms with E-state index < -0.39 is 0 Å². The zero-order chi connectivity index (χ0) is 26.0. The van der Waals surface area contributed by atoms with Crippen molar-refractivity contribution >= 4 is 11.7 Å². The molecule has 1 fully saturated rings. The Balaban J connectivity index is 1.40. The number of rotatable bonds is 10. The van der Waals surface area contributed by atoms with Gasteiger partial charge < -0.3 is 19.9 Å². The Morgan fingerprint density at radius 1 is 0.946 bits per heavy atom. The van der Waals surface area contributed by atoms with Crippen molar-refractivity contribution in [3.05, 3.63) is 95.1 Å². The first kappa shape index (κ1) is 26.7. The molecule has 1 heterocycles. The smallest absolute Gasteiger partial charge is 0.322 e. The van der Waals surface area contributed by atoms with Crippen LogP contribution in [0.25, 0.3) is 0 Å². The average molecular weight is 500 g/mol. The van der Waals surface area contributed by atoms with Crippen molar-refractivity contribution in [3.8, 4) is 5.75 Å². The highest BCUT2D eigenvalue weighted by molar-refractivity contribution is 5.91. The first-order valence-electron chi connectivity index (χ1n) is 13.6. The summed E-state index contributed by atoms with van der Waals surface area (Å²) >= 11 is 0. The standard InChI is InChI=1S/C32H41N3O2/c1-25-11-9-12-26(2)31(25)33-32(36)35(22-10-21-34-20-8-7-13-27(34)3)23-28-16-18-30(19-17-28)37-24-29-14-5-4-6-15-29/h4-6,9,11-12,14-19,27H,7-8,10,13,20-24H2,1-3H3,(H,33,36). The van der Waals surface area contributed by atoms with Crippen molar-refractivity contribution in [2.24, 2.45) is 0 Å². The van der Waals surface area contributed by atoms with Crippen LogP contribution in [0.15, 0.2) is 72.8 Å². The Kier molecular flexibility index (Phi) is 9.61. The molecule has 0 spiro atoms. The summed E-state index contributed by atoms with van der Waals surface area (Å²) in [6, 6.07) is 25.0. The molecule has 1 aliphatic heterocycles. The molecule has 3 aromatic rings. The van der Waals surface area contributed by atoms with Gasteiger partial charge in [-0.15, -0.1) is 0 Å². The summed E-state index contributed by atoms with van der Waals surface area (Å²) in [6.45, 7) is 10.4. The van der Waals surface area contributed by atoms with Gasteiger partial charge in [-0.2, -0.15) is 0 Å². The van der Waals surface area contributed by atoms with Gasteiger partial charge in [-0.1, -0.05) is 67.1 Å². The number of benzene rings is 3. The van der Waals surface area contributed by atoms with Crippen molar-refractivity contribution in [3.63, 3.8) is 0 Å². The molecule has 1 atom stereocenters. The number of aryl methyl sites for hydroxylation is 2. The fourth-order valence-electron chi connectivity index (χ4n) is 5.06. The van der Waals surface area contributed by atoms with Gasteiger partial charge in [0.25, 0.3) is 0 Å². The first-order chi connectivity index (χ1) is 18.0. The molecule has 3 aromatic carbocycles. The van der Waals surface area contributed by atoms with E-state index in [-0.39, 0.29) is 6.03 Å². The predicted octanol–water partition coefficient (Wildman–Crippen LogP) is 7.18. The number of hydrogen-bond acceptors (Lipinski definition) is 3. The van der Waals surface area contributed by atoms with Gasteiger partial charge in [-0.25, -0.2) is 4.79 Å². The van der Waals surface area contributed by atoms with Crippen LogP contribution < -0.4 is 10.1 Å². The van der Waals surface area contributed by atoms with Gasteiger partial charge in [-0.3, -0.25) is 0 Å². The number of para-hydroxylation sites is 1. The van der Waals surface area contributed by atoms with Crippen LogP contribution in [0.4, 0.5) is 10.5 Å². The predicted molar refractivity (Wildman–Crippen MR) is 152 cm³/mol. The molecule has 1 saturated heterocycles. The number of ether oxygens (including phenoxy) is 1. The van der Waals surface area contributed by atoms with Gasteiger partial charge in [0.15, 0.2) is 0 Å². The normalized spacial score (nSPS) is 15.8. The van der Waals surface area contributed by atoms with Crippen LogP contribution in [-0.4, -0.2) is 41.5 Å². The summed E-state index contributed by atoms with van der Waals surface area (Å²) in [5.74, 6) is 0.832. The van der Waals surface area contributed by atoms with Crippen molar-refractivity contribution < 1.29 is 9.53 Å². The fraction of sp³-hybridized carbons (Fsp3) is 0.406. The van der Waals surface area contributed by atoms with Gasteiger partial charge in [0.1, 0.15) is 12.4 Å². The third kappa shape index (κ3) is 7.83. The molecular formula is C32H41N3O2. The lowest BCUT2D eigenvalue weighted by Crippen LogP contribution is -2.41. The number of carbonyl (C=O) groups excluding carboxylic acids is 1. The summed E-state index contributed by atoms with van der Waals surface area (Å²) in [6.07, 6.45) is 4.84. The minimum Gasteiger partial charge on any atom is -0.489 e. The summed E-state index contributed by atoms with van der Waals surface area (Å²) < 4.78 is 5.95. The first-order valence-corrected chi connectivity index (χ1v) is 13.6. The van der Waals surface area contributed by atoms with Gasteiger partial charge in [0.2, 0.25) is 0 Å². The van der Waals surface area contributed by atoms with Gasteiger partial charge in [0.05, 0.1) is 0 Å². The van der Waals surface area contributed by atoms with Gasteiger partial charge in [0, 0.05) is 31.4 Å². The molecule has 0 radical (unpaired) electrons. The number of nitrogens with one attached hydrogen (secondary N) is 1. The molecule has 2 amide bonds. The van der Waals surface area contributed by atoms with Crippen molar-refractivity contribution in [2.75, 3.05) is 25.0 Å². The molecule has 5 heteroatoms. The van der Waals surface area contributed by atoms with E-state index in [1.807, 2.05) is 67.3 Å². The lowest BCUT2D eigenvalue weighted by molar-refractivity contribution is 0.150. The van der Waals surface area contributed by atoms with Gasteiger partial charge >= 0.3 is 6.03 Å². The number of nitrogens with zero attached hydrogens (tertiary/aromatic N) is 2. The maximum Gasteiger partial charge on any atom is 0.322 e. The molecule has 1 N–H and O–H groups in total. The van der Waals surface area contributed by atoms with Crippen molar-refractivity contribution in [2.45, 2.75) is 65.6 Å². The molecule has 0 bridgehead atoms. The van der Waals surface area contributed by atoms with Crippen LogP contribution >= 0.6 is 0 Å². The number of hydrogen-bond donors (Lipinski definition) is 1. The maximum atomic E-state index is 13.5. The molecule has 0 aliphatic carbocycles. The Labute approximate surface area is 222 Å². The van der Waals surface area contributed by atoms with E-state index in [9.17, 15) is 4.79 Å². The largest absolute Gasteiger partial charge is 0.489 e. The van der Waals surface area contributed by atoms with E-state index in [0.717, 1.165) is 46.7 Å². The zero-order valence-electron chi connectivity index (χ0n) is 22.6. The van der Waals surface area contributed by atoms with Crippen LogP contribution in [0.1, 0.15) is 54.9 Å². The third-order valence-electron chi connectivity index (χ3n) is 7.36. The van der Waals surface area contributed by atoms with E-state index in [1.54, 1.807) is 0 Å².